The van der Waals surface area contributed by atoms with Gasteiger partial charge in [-0.1, -0.05) is 33.0 Å². The van der Waals surface area contributed by atoms with Gasteiger partial charge in [-0.05, 0) is 6.72 Å². The Labute approximate surface area is 55.8 Å². The van der Waals surface area contributed by atoms with Crippen LogP contribution in [0.25, 0.3) is 0 Å². The highest BCUT2D eigenvalue weighted by molar-refractivity contribution is 7.80. The molecule has 0 bridgehead atoms. The molecule has 0 aromatic carbocycles. The van der Waals surface area contributed by atoms with Crippen molar-refractivity contribution in [3.8, 4) is 0 Å². The zero-order valence-electron chi connectivity index (χ0n) is 5.56. The highest BCUT2D eigenvalue weighted by Crippen LogP contribution is 2.15. The standard InChI is InChI=1S/C6H11NS/c1-6(2,3)5(8)7-4/h4H2,1-3H3. The van der Waals surface area contributed by atoms with E-state index in [1.165, 1.54) is 0 Å². The second-order valence-electron chi connectivity index (χ2n) is 2.71. The van der Waals surface area contributed by atoms with Crippen LogP contribution in [0.15, 0.2) is 4.99 Å². The zero-order valence-corrected chi connectivity index (χ0v) is 6.38. The summed E-state index contributed by atoms with van der Waals surface area (Å²) in [4.78, 5) is 4.32. The van der Waals surface area contributed by atoms with Gasteiger partial charge in [0.2, 0.25) is 0 Å². The molecule has 0 aliphatic carbocycles. The highest BCUT2D eigenvalue weighted by Gasteiger charge is 2.14. The van der Waals surface area contributed by atoms with Gasteiger partial charge in [0, 0.05) is 5.41 Å². The summed E-state index contributed by atoms with van der Waals surface area (Å²) in [6.07, 6.45) is 0. The molecule has 0 aliphatic rings. The van der Waals surface area contributed by atoms with E-state index in [4.69, 9.17) is 12.2 Å². The van der Waals surface area contributed by atoms with Gasteiger partial charge in [0.15, 0.2) is 0 Å². The van der Waals surface area contributed by atoms with Gasteiger partial charge < -0.3 is 0 Å². The van der Waals surface area contributed by atoms with E-state index < -0.39 is 0 Å². The molecule has 0 fully saturated rings. The van der Waals surface area contributed by atoms with Crippen LogP contribution in [-0.2, 0) is 0 Å². The summed E-state index contributed by atoms with van der Waals surface area (Å²) < 4.78 is 0. The SMILES string of the molecule is C=NC(=S)C(C)(C)C. The summed E-state index contributed by atoms with van der Waals surface area (Å²) >= 11 is 4.86. The van der Waals surface area contributed by atoms with Crippen molar-refractivity contribution in [1.29, 1.82) is 0 Å². The van der Waals surface area contributed by atoms with Crippen LogP contribution in [0, 0.1) is 5.41 Å². The number of hydrogen-bond donors (Lipinski definition) is 0. The van der Waals surface area contributed by atoms with Crippen molar-refractivity contribution in [1.82, 2.24) is 0 Å². The molecule has 0 atom stereocenters. The predicted octanol–water partition coefficient (Wildman–Crippen LogP) is 2.06. The zero-order chi connectivity index (χ0) is 6.78. The van der Waals surface area contributed by atoms with Gasteiger partial charge in [-0.25, -0.2) is 0 Å². The molecule has 0 aliphatic heterocycles. The van der Waals surface area contributed by atoms with Crippen LogP contribution >= 0.6 is 12.2 Å². The molecule has 0 N–H and O–H groups in total. The molecule has 0 unspecified atom stereocenters. The van der Waals surface area contributed by atoms with Crippen LogP contribution in [0.5, 0.6) is 0 Å². The van der Waals surface area contributed by atoms with Gasteiger partial charge in [0.25, 0.3) is 0 Å². The quantitative estimate of drug-likeness (QED) is 0.360. The molecule has 0 saturated heterocycles. The van der Waals surface area contributed by atoms with E-state index >= 15 is 0 Å². The van der Waals surface area contributed by atoms with Gasteiger partial charge in [0.1, 0.15) is 4.99 Å². The third-order valence-corrected chi connectivity index (χ3v) is 1.53. The van der Waals surface area contributed by atoms with E-state index in [9.17, 15) is 0 Å². The fourth-order valence-corrected chi connectivity index (χ4v) is 0.237. The van der Waals surface area contributed by atoms with Gasteiger partial charge in [0.05, 0.1) is 0 Å². The Balaban J connectivity index is 4.02. The van der Waals surface area contributed by atoms with Crippen LogP contribution in [0.2, 0.25) is 0 Å². The molecule has 0 aromatic rings. The Morgan fingerprint density at radius 3 is 1.88 bits per heavy atom. The summed E-state index contributed by atoms with van der Waals surface area (Å²) in [7, 11) is 0. The monoisotopic (exact) mass is 129 g/mol. The fourth-order valence-electron chi connectivity index (χ4n) is 0.237. The molecule has 2 heteroatoms. The maximum atomic E-state index is 4.86. The van der Waals surface area contributed by atoms with E-state index in [1.54, 1.807) is 0 Å². The van der Waals surface area contributed by atoms with Crippen LogP contribution in [-0.4, -0.2) is 11.7 Å². The van der Waals surface area contributed by atoms with Gasteiger partial charge >= 0.3 is 0 Å². The van der Waals surface area contributed by atoms with Crippen molar-refractivity contribution in [3.63, 3.8) is 0 Å². The molecule has 1 nitrogen and oxygen atoms in total. The Morgan fingerprint density at radius 1 is 1.50 bits per heavy atom. The smallest absolute Gasteiger partial charge is 0.107 e. The average molecular weight is 129 g/mol. The van der Waals surface area contributed by atoms with E-state index in [0.717, 1.165) is 0 Å². The lowest BCUT2D eigenvalue weighted by Crippen LogP contribution is -2.14. The molecule has 0 aromatic heterocycles. The van der Waals surface area contributed by atoms with Crippen LogP contribution in [0.3, 0.4) is 0 Å². The fraction of sp³-hybridized carbons (Fsp3) is 0.667. The lowest BCUT2D eigenvalue weighted by Gasteiger charge is -2.14. The predicted molar refractivity (Wildman–Crippen MR) is 41.6 cm³/mol. The lowest BCUT2D eigenvalue weighted by atomic mass is 9.97. The average Bonchev–Trinajstić information content (AvgIpc) is 1.62. The van der Waals surface area contributed by atoms with Gasteiger partial charge in [-0.15, -0.1) is 0 Å². The Morgan fingerprint density at radius 2 is 1.88 bits per heavy atom. The molecule has 46 valence electrons. The summed E-state index contributed by atoms with van der Waals surface area (Å²) in [5.41, 5.74) is 0.0110. The Kier molecular flexibility index (Phi) is 2.28. The van der Waals surface area contributed by atoms with Crippen LogP contribution in [0.1, 0.15) is 20.8 Å². The summed E-state index contributed by atoms with van der Waals surface area (Å²) in [6, 6.07) is 0. The second kappa shape index (κ2) is 2.35. The van der Waals surface area contributed by atoms with E-state index in [0.29, 0.717) is 4.99 Å². The molecule has 0 saturated carbocycles. The summed E-state index contributed by atoms with van der Waals surface area (Å²) in [6.45, 7) is 9.39. The number of nitrogens with zero attached hydrogens (tertiary/aromatic N) is 1. The molecule has 0 spiro atoms. The first-order valence-electron chi connectivity index (χ1n) is 2.49. The number of hydrogen-bond acceptors (Lipinski definition) is 1. The second-order valence-corrected chi connectivity index (χ2v) is 3.10. The first kappa shape index (κ1) is 7.76. The van der Waals surface area contributed by atoms with Crippen LogP contribution < -0.4 is 0 Å². The first-order valence-corrected chi connectivity index (χ1v) is 2.90. The molecular formula is C6H11NS. The molecule has 0 amide bonds. The normalized spacial score (nSPS) is 10.9. The van der Waals surface area contributed by atoms with Crippen molar-refractivity contribution in [2.24, 2.45) is 10.4 Å². The number of thiocarbonyl (C=S) groups is 1. The van der Waals surface area contributed by atoms with Crippen molar-refractivity contribution < 1.29 is 0 Å². The van der Waals surface area contributed by atoms with E-state index in [1.807, 2.05) is 20.8 Å². The summed E-state index contributed by atoms with van der Waals surface area (Å²) in [5.74, 6) is 0. The minimum absolute atomic E-state index is 0.0110. The Bertz CT molecular complexity index is 110. The maximum absolute atomic E-state index is 4.86. The van der Waals surface area contributed by atoms with Crippen molar-refractivity contribution in [2.45, 2.75) is 20.8 Å². The minimum atomic E-state index is 0.0110. The van der Waals surface area contributed by atoms with Crippen molar-refractivity contribution in [2.75, 3.05) is 0 Å². The van der Waals surface area contributed by atoms with Crippen molar-refractivity contribution >= 4 is 23.9 Å². The third-order valence-electron chi connectivity index (χ3n) is 0.785. The highest BCUT2D eigenvalue weighted by atomic mass is 32.1. The summed E-state index contributed by atoms with van der Waals surface area (Å²) in [5, 5.41) is 0. The van der Waals surface area contributed by atoms with Crippen molar-refractivity contribution in [3.05, 3.63) is 0 Å². The number of aliphatic imine (C=N–C) groups is 1. The first-order chi connectivity index (χ1) is 3.48. The third kappa shape index (κ3) is 2.17. The lowest BCUT2D eigenvalue weighted by molar-refractivity contribution is 0.596. The molecule has 0 rings (SSSR count). The Hall–Kier alpha value is -0.240. The molecular weight excluding hydrogens is 118 g/mol. The minimum Gasteiger partial charge on any atom is -0.257 e. The molecule has 8 heavy (non-hydrogen) atoms. The maximum Gasteiger partial charge on any atom is 0.107 e. The number of rotatable bonds is 0. The van der Waals surface area contributed by atoms with E-state index in [2.05, 4.69) is 11.7 Å². The van der Waals surface area contributed by atoms with E-state index in [-0.39, 0.29) is 5.41 Å². The van der Waals surface area contributed by atoms with Gasteiger partial charge in [-0.2, -0.15) is 0 Å². The van der Waals surface area contributed by atoms with Crippen LogP contribution in [0.4, 0.5) is 0 Å². The topological polar surface area (TPSA) is 12.4 Å². The van der Waals surface area contributed by atoms with Gasteiger partial charge in [-0.3, -0.25) is 4.99 Å². The molecule has 0 radical (unpaired) electrons. The largest absolute Gasteiger partial charge is 0.257 e. The molecule has 0 heterocycles.